The van der Waals surface area contributed by atoms with E-state index < -0.39 is 11.0 Å². The molecule has 5 nitrogen and oxygen atoms in total. The number of methoxy groups -OCH3 is 1. The number of hydrogen-bond donors (Lipinski definition) is 4. The largest absolute Gasteiger partial charge is 0.512 e. The minimum absolute atomic E-state index is 0.0751. The van der Waals surface area contributed by atoms with Crippen molar-refractivity contribution in [3.05, 3.63) is 35.3 Å². The van der Waals surface area contributed by atoms with E-state index in [2.05, 4.69) is 5.32 Å². The molecule has 0 saturated carbocycles. The van der Waals surface area contributed by atoms with Crippen LogP contribution in [0.3, 0.4) is 0 Å². The van der Waals surface area contributed by atoms with Gasteiger partial charge in [0.25, 0.3) is 0 Å². The molecule has 2 bridgehead atoms. The van der Waals surface area contributed by atoms with Crippen LogP contribution in [-0.4, -0.2) is 47.2 Å². The third-order valence-electron chi connectivity index (χ3n) is 5.30. The van der Waals surface area contributed by atoms with Crippen molar-refractivity contribution >= 4 is 0 Å². The zero-order valence-corrected chi connectivity index (χ0v) is 12.9. The Morgan fingerprint density at radius 2 is 2.24 bits per heavy atom. The quantitative estimate of drug-likeness (QED) is 0.465. The molecule has 2 rings (SSSR count). The molecule has 0 spiro atoms. The molecule has 21 heavy (non-hydrogen) atoms. The number of aliphatic hydroxyl groups is 3. The molecule has 5 heteroatoms. The van der Waals surface area contributed by atoms with Crippen molar-refractivity contribution in [2.45, 2.75) is 38.3 Å². The zero-order valence-electron chi connectivity index (χ0n) is 12.9. The van der Waals surface area contributed by atoms with Gasteiger partial charge < -0.3 is 25.4 Å². The predicted octanol–water partition coefficient (Wildman–Crippen LogP) is 1.40. The van der Waals surface area contributed by atoms with E-state index in [-0.39, 0.29) is 12.6 Å². The molecular weight excluding hydrogens is 270 g/mol. The average molecular weight is 295 g/mol. The second kappa shape index (κ2) is 5.83. The maximum atomic E-state index is 10.9. The van der Waals surface area contributed by atoms with Crippen molar-refractivity contribution in [2.75, 3.05) is 20.3 Å². The summed E-state index contributed by atoms with van der Waals surface area (Å²) in [6.45, 7) is 4.49. The van der Waals surface area contributed by atoms with Gasteiger partial charge in [-0.2, -0.15) is 0 Å². The third kappa shape index (κ3) is 2.39. The molecule has 1 saturated heterocycles. The topological polar surface area (TPSA) is 82.0 Å². The first kappa shape index (κ1) is 16.1. The van der Waals surface area contributed by atoms with E-state index in [1.54, 1.807) is 13.0 Å². The summed E-state index contributed by atoms with van der Waals surface area (Å²) >= 11 is 0. The Morgan fingerprint density at radius 3 is 2.81 bits per heavy atom. The highest BCUT2D eigenvalue weighted by Crippen LogP contribution is 2.51. The Kier molecular flexibility index (Phi) is 4.46. The van der Waals surface area contributed by atoms with E-state index in [1.165, 1.54) is 7.11 Å². The molecule has 118 valence electrons. The van der Waals surface area contributed by atoms with Gasteiger partial charge in [-0.15, -0.1) is 0 Å². The molecule has 0 radical (unpaired) electrons. The fourth-order valence-corrected chi connectivity index (χ4v) is 3.66. The number of allylic oxidation sites excluding steroid dienone is 2. The van der Waals surface area contributed by atoms with Gasteiger partial charge in [0.05, 0.1) is 19.3 Å². The molecule has 1 aliphatic heterocycles. The predicted molar refractivity (Wildman–Crippen MR) is 80.7 cm³/mol. The fourth-order valence-electron chi connectivity index (χ4n) is 3.66. The Morgan fingerprint density at radius 1 is 1.52 bits per heavy atom. The van der Waals surface area contributed by atoms with E-state index in [9.17, 15) is 10.2 Å². The Bertz CT molecular complexity index is 493. The summed E-state index contributed by atoms with van der Waals surface area (Å²) in [4.78, 5) is 0. The molecule has 0 amide bonds. The van der Waals surface area contributed by atoms with E-state index in [0.717, 1.165) is 24.0 Å². The Hall–Kier alpha value is -1.30. The van der Waals surface area contributed by atoms with Crippen LogP contribution in [0.4, 0.5) is 0 Å². The van der Waals surface area contributed by atoms with Crippen molar-refractivity contribution < 1.29 is 20.1 Å². The van der Waals surface area contributed by atoms with Gasteiger partial charge in [-0.25, -0.2) is 0 Å². The number of hydrogen-bond acceptors (Lipinski definition) is 5. The summed E-state index contributed by atoms with van der Waals surface area (Å²) in [5.41, 5.74) is 0.483. The van der Waals surface area contributed by atoms with Crippen LogP contribution in [0.25, 0.3) is 0 Å². The minimum Gasteiger partial charge on any atom is -0.512 e. The molecule has 1 fully saturated rings. The van der Waals surface area contributed by atoms with Crippen LogP contribution in [0, 0.1) is 5.41 Å². The lowest BCUT2D eigenvalue weighted by Gasteiger charge is -2.56. The monoisotopic (exact) mass is 295 g/mol. The van der Waals surface area contributed by atoms with Crippen LogP contribution < -0.4 is 5.32 Å². The summed E-state index contributed by atoms with van der Waals surface area (Å²) in [5, 5.41) is 33.2. The van der Waals surface area contributed by atoms with Crippen molar-refractivity contribution in [1.29, 1.82) is 0 Å². The SMILES string of the molecule is COC(=CO)/C=C\C1=C(C)C2(CO)CCNC(C1)C2(C)O. The molecule has 1 heterocycles. The number of rotatable bonds is 4. The van der Waals surface area contributed by atoms with Gasteiger partial charge in [-0.3, -0.25) is 0 Å². The van der Waals surface area contributed by atoms with Crippen LogP contribution in [0.2, 0.25) is 0 Å². The normalized spacial score (nSPS) is 37.2. The molecule has 0 aromatic carbocycles. The van der Waals surface area contributed by atoms with Gasteiger partial charge in [0, 0.05) is 11.5 Å². The summed E-state index contributed by atoms with van der Waals surface area (Å²) in [6, 6.07) is -0.0918. The first-order valence-electron chi connectivity index (χ1n) is 7.26. The number of piperidine rings is 1. The van der Waals surface area contributed by atoms with Crippen molar-refractivity contribution in [3.8, 4) is 0 Å². The van der Waals surface area contributed by atoms with Crippen LogP contribution in [0.1, 0.15) is 26.7 Å². The highest BCUT2D eigenvalue weighted by atomic mass is 16.5. The molecule has 2 aliphatic rings. The van der Waals surface area contributed by atoms with Gasteiger partial charge >= 0.3 is 0 Å². The smallest absolute Gasteiger partial charge is 0.152 e. The third-order valence-corrected chi connectivity index (χ3v) is 5.30. The highest BCUT2D eigenvalue weighted by Gasteiger charge is 2.57. The molecule has 1 aliphatic carbocycles. The van der Waals surface area contributed by atoms with Crippen molar-refractivity contribution in [2.24, 2.45) is 5.41 Å². The van der Waals surface area contributed by atoms with Crippen LogP contribution in [0.15, 0.2) is 35.3 Å². The molecule has 0 aromatic rings. The van der Waals surface area contributed by atoms with Crippen molar-refractivity contribution in [1.82, 2.24) is 5.32 Å². The van der Waals surface area contributed by atoms with E-state index >= 15 is 0 Å². The van der Waals surface area contributed by atoms with Gasteiger partial charge in [0.2, 0.25) is 0 Å². The number of nitrogens with one attached hydrogen (secondary N) is 1. The minimum atomic E-state index is -0.974. The summed E-state index contributed by atoms with van der Waals surface area (Å²) in [6.07, 6.45) is 5.87. The van der Waals surface area contributed by atoms with Crippen LogP contribution >= 0.6 is 0 Å². The fraction of sp³-hybridized carbons (Fsp3) is 0.625. The molecule has 3 unspecified atom stereocenters. The average Bonchev–Trinajstić information content (AvgIpc) is 2.46. The molecule has 4 N–H and O–H groups in total. The van der Waals surface area contributed by atoms with Crippen molar-refractivity contribution in [3.63, 3.8) is 0 Å². The molecular formula is C16H25NO4. The van der Waals surface area contributed by atoms with Gasteiger partial charge in [-0.05, 0) is 44.9 Å². The van der Waals surface area contributed by atoms with Gasteiger partial charge in [-0.1, -0.05) is 11.6 Å². The number of aliphatic hydroxyl groups excluding tert-OH is 2. The lowest BCUT2D eigenvalue weighted by Crippen LogP contribution is -2.67. The lowest BCUT2D eigenvalue weighted by atomic mass is 9.56. The lowest BCUT2D eigenvalue weighted by molar-refractivity contribution is -0.127. The van der Waals surface area contributed by atoms with Crippen LogP contribution in [-0.2, 0) is 4.74 Å². The Labute approximate surface area is 125 Å². The second-order valence-corrected chi connectivity index (χ2v) is 6.07. The van der Waals surface area contributed by atoms with Gasteiger partial charge in [0.1, 0.15) is 6.26 Å². The summed E-state index contributed by atoms with van der Waals surface area (Å²) in [5.74, 6) is 0.365. The first-order chi connectivity index (χ1) is 9.92. The number of ether oxygens (including phenoxy) is 1. The maximum Gasteiger partial charge on any atom is 0.152 e. The maximum absolute atomic E-state index is 10.9. The highest BCUT2D eigenvalue weighted by molar-refractivity contribution is 5.40. The van der Waals surface area contributed by atoms with E-state index in [4.69, 9.17) is 9.84 Å². The Balaban J connectivity index is 2.43. The second-order valence-electron chi connectivity index (χ2n) is 6.07. The standard InChI is InChI=1S/C16H25NO4/c1-11-12(4-5-13(9-18)21-3)8-14-15(2,20)16(11,10-19)6-7-17-14/h4-5,9,14,17-20H,6-8,10H2,1-3H3/b5-4-,13-9?. The zero-order chi connectivity index (χ0) is 15.7. The van der Waals surface area contributed by atoms with E-state index in [1.807, 2.05) is 13.0 Å². The summed E-state index contributed by atoms with van der Waals surface area (Å²) < 4.78 is 5.00. The van der Waals surface area contributed by atoms with E-state index in [0.29, 0.717) is 18.6 Å². The molecule has 3 atom stereocenters. The van der Waals surface area contributed by atoms with Gasteiger partial charge in [0.15, 0.2) is 5.76 Å². The first-order valence-corrected chi connectivity index (χ1v) is 7.26. The molecule has 0 aromatic heterocycles. The summed E-state index contributed by atoms with van der Waals surface area (Å²) in [7, 11) is 1.49. The van der Waals surface area contributed by atoms with Crippen LogP contribution in [0.5, 0.6) is 0 Å². The number of fused-ring (bicyclic) bond motifs is 2.